The van der Waals surface area contributed by atoms with Crippen molar-refractivity contribution in [3.63, 3.8) is 0 Å². The van der Waals surface area contributed by atoms with Gasteiger partial charge in [-0.3, -0.25) is 10.0 Å². The summed E-state index contributed by atoms with van der Waals surface area (Å²) in [5.74, 6) is 0.681. The second-order valence-corrected chi connectivity index (χ2v) is 11.0. The summed E-state index contributed by atoms with van der Waals surface area (Å²) in [6.45, 7) is 22.3. The fraction of sp³-hybridized carbons (Fsp3) is 0.516. The summed E-state index contributed by atoms with van der Waals surface area (Å²) >= 11 is 0. The normalized spacial score (nSPS) is 22.8. The number of allylic oxidation sites excluding steroid dienone is 5. The van der Waals surface area contributed by atoms with E-state index in [-0.39, 0.29) is 6.04 Å². The summed E-state index contributed by atoms with van der Waals surface area (Å²) < 4.78 is 0. The topological polar surface area (TPSA) is 30.9 Å². The fourth-order valence-electron chi connectivity index (χ4n) is 5.65. The molecule has 4 aliphatic rings. The van der Waals surface area contributed by atoms with Crippen LogP contribution in [-0.2, 0) is 0 Å². The fourth-order valence-corrected chi connectivity index (χ4v) is 5.65. The predicted molar refractivity (Wildman–Crippen MR) is 150 cm³/mol. The highest BCUT2D eigenvalue weighted by Gasteiger charge is 2.41. The number of nitrogens with zero attached hydrogens (tertiary/aromatic N) is 3. The van der Waals surface area contributed by atoms with Crippen LogP contribution in [-0.4, -0.2) is 41.3 Å². The zero-order chi connectivity index (χ0) is 25.2. The van der Waals surface area contributed by atoms with Crippen molar-refractivity contribution < 1.29 is 0 Å². The van der Waals surface area contributed by atoms with Gasteiger partial charge in [0, 0.05) is 48.2 Å². The van der Waals surface area contributed by atoms with E-state index in [0.717, 1.165) is 26.1 Å². The van der Waals surface area contributed by atoms with Gasteiger partial charge >= 0.3 is 0 Å². The molecule has 4 nitrogen and oxygen atoms in total. The Morgan fingerprint density at radius 2 is 2.00 bits per heavy atom. The van der Waals surface area contributed by atoms with E-state index >= 15 is 0 Å². The Morgan fingerprint density at radius 1 is 1.26 bits per heavy atom. The number of hydrogen-bond donors (Lipinski definition) is 1. The van der Waals surface area contributed by atoms with Crippen molar-refractivity contribution in [3.05, 3.63) is 83.4 Å². The van der Waals surface area contributed by atoms with Gasteiger partial charge in [-0.05, 0) is 88.7 Å². The van der Waals surface area contributed by atoms with Gasteiger partial charge in [0.25, 0.3) is 0 Å². The van der Waals surface area contributed by atoms with Crippen LogP contribution in [0.1, 0.15) is 66.7 Å². The third-order valence-corrected chi connectivity index (χ3v) is 8.41. The Bertz CT molecular complexity index is 1030. The number of hydrogen-bond acceptors (Lipinski definition) is 4. The van der Waals surface area contributed by atoms with Crippen LogP contribution in [0.5, 0.6) is 0 Å². The monoisotopic (exact) mass is 472 g/mol. The minimum Gasteiger partial charge on any atom is -0.370 e. The number of aliphatic imine (C=N–C) groups is 1. The van der Waals surface area contributed by atoms with Crippen molar-refractivity contribution in [2.75, 3.05) is 19.6 Å². The molecule has 0 aromatic heterocycles. The zero-order valence-electron chi connectivity index (χ0n) is 22.5. The lowest BCUT2D eigenvalue weighted by atomic mass is 9.74. The molecule has 3 heterocycles. The number of hydrazine groups is 1. The number of rotatable bonds is 10. The molecular weight excluding hydrogens is 428 g/mol. The van der Waals surface area contributed by atoms with Gasteiger partial charge in [-0.25, -0.2) is 5.43 Å². The van der Waals surface area contributed by atoms with Crippen molar-refractivity contribution >= 4 is 5.71 Å². The minimum atomic E-state index is 0.115. The van der Waals surface area contributed by atoms with Crippen molar-refractivity contribution in [1.29, 1.82) is 0 Å². The lowest BCUT2D eigenvalue weighted by Gasteiger charge is -2.52. The summed E-state index contributed by atoms with van der Waals surface area (Å²) in [6.07, 6.45) is 19.4. The number of likely N-dealkylation sites (tertiary alicyclic amines) is 1. The lowest BCUT2D eigenvalue weighted by molar-refractivity contribution is 0.0307. The van der Waals surface area contributed by atoms with Crippen molar-refractivity contribution in [2.45, 2.75) is 72.8 Å². The van der Waals surface area contributed by atoms with Gasteiger partial charge in [0.05, 0.1) is 11.7 Å². The van der Waals surface area contributed by atoms with Crippen LogP contribution >= 0.6 is 0 Å². The average Bonchev–Trinajstić information content (AvgIpc) is 3.18. The summed E-state index contributed by atoms with van der Waals surface area (Å²) in [4.78, 5) is 7.57. The Balaban J connectivity index is 1.60. The molecule has 0 spiro atoms. The largest absolute Gasteiger partial charge is 0.370 e. The maximum Gasteiger partial charge on any atom is 0.0720 e. The molecule has 35 heavy (non-hydrogen) atoms. The van der Waals surface area contributed by atoms with Crippen LogP contribution < -0.4 is 5.43 Å². The van der Waals surface area contributed by atoms with Crippen molar-refractivity contribution in [1.82, 2.24) is 15.3 Å². The predicted octanol–water partition coefficient (Wildman–Crippen LogP) is 6.86. The molecule has 1 atom stereocenters. The van der Waals surface area contributed by atoms with Gasteiger partial charge in [0.15, 0.2) is 0 Å². The van der Waals surface area contributed by atoms with Gasteiger partial charge in [0.2, 0.25) is 0 Å². The second kappa shape index (κ2) is 10.6. The van der Waals surface area contributed by atoms with Crippen molar-refractivity contribution in [2.24, 2.45) is 16.3 Å². The minimum absolute atomic E-state index is 0.115. The molecular formula is C31H44N4. The molecule has 1 unspecified atom stereocenters. The first kappa shape index (κ1) is 25.5. The van der Waals surface area contributed by atoms with Crippen LogP contribution in [0, 0.1) is 11.3 Å². The van der Waals surface area contributed by atoms with Crippen LogP contribution in [0.4, 0.5) is 0 Å². The highest BCUT2D eigenvalue weighted by molar-refractivity contribution is 5.85. The lowest BCUT2D eigenvalue weighted by Crippen LogP contribution is -2.55. The van der Waals surface area contributed by atoms with Gasteiger partial charge in [-0.15, -0.1) is 6.58 Å². The van der Waals surface area contributed by atoms with E-state index in [0.29, 0.717) is 11.3 Å². The molecule has 1 N–H and O–H groups in total. The van der Waals surface area contributed by atoms with Crippen LogP contribution in [0.2, 0.25) is 0 Å². The smallest absolute Gasteiger partial charge is 0.0720 e. The number of nitrogens with one attached hydrogen (secondary N) is 1. The van der Waals surface area contributed by atoms with Crippen LogP contribution in [0.3, 0.4) is 0 Å². The second-order valence-electron chi connectivity index (χ2n) is 11.0. The van der Waals surface area contributed by atoms with E-state index in [1.807, 2.05) is 6.08 Å². The molecule has 2 fully saturated rings. The maximum absolute atomic E-state index is 5.06. The molecule has 3 aliphatic heterocycles. The van der Waals surface area contributed by atoms with Gasteiger partial charge in [-0.1, -0.05) is 37.6 Å². The van der Waals surface area contributed by atoms with E-state index in [2.05, 4.69) is 93.6 Å². The SMILES string of the molecule is C=CCC1(CC)CN(C2=CC3=C(C(/C=C(\C=C)C(C)N=C(C)C4CCC4)=C(C)C)CNN3C=C2)C1. The van der Waals surface area contributed by atoms with E-state index in [9.17, 15) is 0 Å². The summed E-state index contributed by atoms with van der Waals surface area (Å²) in [7, 11) is 0. The highest BCUT2D eigenvalue weighted by Crippen LogP contribution is 2.41. The zero-order valence-corrected chi connectivity index (χ0v) is 22.5. The number of fused-ring (bicyclic) bond motifs is 1. The maximum atomic E-state index is 5.06. The standard InChI is InChI=1S/C31H44N4/c1-8-15-31(10-3)20-34(21-31)27-14-16-35-30(18-27)29(19-32-35)28(22(4)5)17-25(9-2)23(6)33-24(7)26-12-11-13-26/h8-9,14,16-18,23,26,32H,1-2,10-13,15,19-21H2,3-7H3/b25-17+,33-24?. The molecule has 0 amide bonds. The van der Waals surface area contributed by atoms with Crippen molar-refractivity contribution in [3.8, 4) is 0 Å². The molecule has 188 valence electrons. The average molecular weight is 473 g/mol. The molecule has 0 bridgehead atoms. The van der Waals surface area contributed by atoms with E-state index in [4.69, 9.17) is 4.99 Å². The molecule has 1 aliphatic carbocycles. The van der Waals surface area contributed by atoms with Gasteiger partial charge in [0.1, 0.15) is 0 Å². The Hall–Kier alpha value is -2.59. The Morgan fingerprint density at radius 3 is 2.57 bits per heavy atom. The molecule has 0 aromatic carbocycles. The van der Waals surface area contributed by atoms with Gasteiger partial charge in [-0.2, -0.15) is 0 Å². The summed E-state index contributed by atoms with van der Waals surface area (Å²) in [5.41, 5.74) is 12.9. The van der Waals surface area contributed by atoms with E-state index in [1.54, 1.807) is 0 Å². The molecule has 1 saturated carbocycles. The summed E-state index contributed by atoms with van der Waals surface area (Å²) in [5, 5.41) is 2.17. The molecule has 4 heteroatoms. The molecule has 0 radical (unpaired) electrons. The first-order chi connectivity index (χ1) is 16.8. The molecule has 4 rings (SSSR count). The summed E-state index contributed by atoms with van der Waals surface area (Å²) in [6, 6.07) is 0.115. The first-order valence-electron chi connectivity index (χ1n) is 13.4. The molecule has 0 aromatic rings. The highest BCUT2D eigenvalue weighted by atomic mass is 15.5. The third kappa shape index (κ3) is 5.18. The molecule has 1 saturated heterocycles. The quantitative estimate of drug-likeness (QED) is 0.214. The van der Waals surface area contributed by atoms with Crippen LogP contribution in [0.25, 0.3) is 0 Å². The van der Waals surface area contributed by atoms with E-state index in [1.165, 1.54) is 65.1 Å². The van der Waals surface area contributed by atoms with Gasteiger partial charge < -0.3 is 4.90 Å². The van der Waals surface area contributed by atoms with Crippen LogP contribution in [0.15, 0.2) is 88.4 Å². The third-order valence-electron chi connectivity index (χ3n) is 8.41. The van der Waals surface area contributed by atoms with E-state index < -0.39 is 0 Å². The Kier molecular flexibility index (Phi) is 7.70. The Labute approximate surface area is 213 Å². The first-order valence-corrected chi connectivity index (χ1v) is 13.4.